The number of benzene rings is 1. The van der Waals surface area contributed by atoms with Crippen LogP contribution >= 0.6 is 0 Å². The number of nitrogens with zero attached hydrogens (tertiary/aromatic N) is 2. The maximum Gasteiger partial charge on any atom is 0.227 e. The first kappa shape index (κ1) is 21.1. The van der Waals surface area contributed by atoms with Gasteiger partial charge in [0, 0.05) is 25.6 Å². The summed E-state index contributed by atoms with van der Waals surface area (Å²) < 4.78 is 11.0. The second-order valence-electron chi connectivity index (χ2n) is 8.10. The standard InChI is InChI=1S/C21H32N2O4/c1-21(2,3)20(25)23-12-8-9-16(15-23)19(24)22(4)13-14-27-18-11-7-6-10-17(18)26-5/h6-7,10-11,16H,8-9,12-15H2,1-5H3. The summed E-state index contributed by atoms with van der Waals surface area (Å²) in [5.41, 5.74) is -0.417. The Kier molecular flexibility index (Phi) is 7.11. The Labute approximate surface area is 162 Å². The van der Waals surface area contributed by atoms with Gasteiger partial charge in [0.2, 0.25) is 11.8 Å². The molecule has 1 atom stereocenters. The molecule has 1 fully saturated rings. The largest absolute Gasteiger partial charge is 0.493 e. The topological polar surface area (TPSA) is 59.1 Å². The normalized spacial score (nSPS) is 17.4. The Bertz CT molecular complexity index is 654. The fraction of sp³-hybridized carbons (Fsp3) is 0.619. The van der Waals surface area contributed by atoms with Crippen LogP contribution in [0.1, 0.15) is 33.6 Å². The molecular formula is C21H32N2O4. The quantitative estimate of drug-likeness (QED) is 0.766. The second-order valence-corrected chi connectivity index (χ2v) is 8.10. The van der Waals surface area contributed by atoms with E-state index in [0.29, 0.717) is 31.2 Å². The molecule has 1 aromatic rings. The molecule has 1 unspecified atom stereocenters. The Balaban J connectivity index is 1.86. The van der Waals surface area contributed by atoms with E-state index >= 15 is 0 Å². The lowest BCUT2D eigenvalue weighted by atomic mass is 9.90. The Morgan fingerprint density at radius 2 is 1.89 bits per heavy atom. The van der Waals surface area contributed by atoms with Crippen LogP contribution in [0.5, 0.6) is 11.5 Å². The van der Waals surface area contributed by atoms with E-state index < -0.39 is 5.41 Å². The highest BCUT2D eigenvalue weighted by atomic mass is 16.5. The lowest BCUT2D eigenvalue weighted by Crippen LogP contribution is -2.49. The molecule has 0 bridgehead atoms. The maximum absolute atomic E-state index is 12.8. The minimum Gasteiger partial charge on any atom is -0.493 e. The van der Waals surface area contributed by atoms with Crippen LogP contribution in [-0.4, -0.2) is 62.0 Å². The molecule has 0 N–H and O–H groups in total. The fourth-order valence-electron chi connectivity index (χ4n) is 3.29. The number of likely N-dealkylation sites (N-methyl/N-ethyl adjacent to an activating group) is 1. The van der Waals surface area contributed by atoms with Gasteiger partial charge in [0.25, 0.3) is 0 Å². The van der Waals surface area contributed by atoms with Gasteiger partial charge in [-0.2, -0.15) is 0 Å². The van der Waals surface area contributed by atoms with Gasteiger partial charge in [-0.1, -0.05) is 32.9 Å². The molecule has 150 valence electrons. The summed E-state index contributed by atoms with van der Waals surface area (Å²) in [6, 6.07) is 7.45. The average molecular weight is 376 g/mol. The van der Waals surface area contributed by atoms with Crippen LogP contribution in [0.25, 0.3) is 0 Å². The molecule has 0 saturated carbocycles. The molecule has 1 aromatic carbocycles. The summed E-state index contributed by atoms with van der Waals surface area (Å²) in [6.07, 6.45) is 1.69. The van der Waals surface area contributed by atoms with Crippen molar-refractivity contribution in [3.8, 4) is 11.5 Å². The van der Waals surface area contributed by atoms with E-state index in [1.165, 1.54) is 0 Å². The molecule has 0 spiro atoms. The van der Waals surface area contributed by atoms with E-state index in [9.17, 15) is 9.59 Å². The summed E-state index contributed by atoms with van der Waals surface area (Å²) in [6.45, 7) is 7.87. The van der Waals surface area contributed by atoms with Crippen molar-refractivity contribution in [3.05, 3.63) is 24.3 Å². The minimum absolute atomic E-state index is 0.0741. The molecule has 2 amide bonds. The van der Waals surface area contributed by atoms with Crippen LogP contribution in [-0.2, 0) is 9.59 Å². The third-order valence-electron chi connectivity index (χ3n) is 4.83. The number of rotatable bonds is 6. The number of carbonyl (C=O) groups excluding carboxylic acids is 2. The van der Waals surface area contributed by atoms with Gasteiger partial charge in [0.05, 0.1) is 19.6 Å². The van der Waals surface area contributed by atoms with Crippen LogP contribution in [0.2, 0.25) is 0 Å². The van der Waals surface area contributed by atoms with Gasteiger partial charge in [-0.25, -0.2) is 0 Å². The molecule has 1 aliphatic rings. The van der Waals surface area contributed by atoms with Crippen molar-refractivity contribution in [2.24, 2.45) is 11.3 Å². The molecule has 1 saturated heterocycles. The first-order valence-electron chi connectivity index (χ1n) is 9.54. The number of carbonyl (C=O) groups is 2. The van der Waals surface area contributed by atoms with E-state index in [0.717, 1.165) is 19.4 Å². The second kappa shape index (κ2) is 9.11. The van der Waals surface area contributed by atoms with E-state index in [2.05, 4.69) is 0 Å². The van der Waals surface area contributed by atoms with Crippen molar-refractivity contribution in [2.45, 2.75) is 33.6 Å². The summed E-state index contributed by atoms with van der Waals surface area (Å²) in [7, 11) is 3.39. The zero-order valence-corrected chi connectivity index (χ0v) is 17.2. The van der Waals surface area contributed by atoms with Crippen LogP contribution in [0.4, 0.5) is 0 Å². The Hall–Kier alpha value is -2.24. The van der Waals surface area contributed by atoms with Crippen molar-refractivity contribution in [1.82, 2.24) is 9.80 Å². The lowest BCUT2D eigenvalue weighted by molar-refractivity contribution is -0.145. The predicted molar refractivity (Wildman–Crippen MR) is 105 cm³/mol. The third-order valence-corrected chi connectivity index (χ3v) is 4.83. The van der Waals surface area contributed by atoms with Gasteiger partial charge in [-0.3, -0.25) is 9.59 Å². The fourth-order valence-corrected chi connectivity index (χ4v) is 3.29. The first-order valence-corrected chi connectivity index (χ1v) is 9.54. The van der Waals surface area contributed by atoms with E-state index in [1.54, 1.807) is 19.1 Å². The number of hydrogen-bond acceptors (Lipinski definition) is 4. The molecule has 2 rings (SSSR count). The average Bonchev–Trinajstić information content (AvgIpc) is 2.66. The molecule has 27 heavy (non-hydrogen) atoms. The van der Waals surface area contributed by atoms with Crippen molar-refractivity contribution < 1.29 is 19.1 Å². The molecule has 1 aliphatic heterocycles. The molecule has 1 heterocycles. The number of para-hydroxylation sites is 2. The van der Waals surface area contributed by atoms with E-state index in [-0.39, 0.29) is 17.7 Å². The van der Waals surface area contributed by atoms with Crippen molar-refractivity contribution in [1.29, 1.82) is 0 Å². The molecule has 0 aromatic heterocycles. The number of hydrogen-bond donors (Lipinski definition) is 0. The Morgan fingerprint density at radius 1 is 1.22 bits per heavy atom. The van der Waals surface area contributed by atoms with Crippen LogP contribution in [0, 0.1) is 11.3 Å². The SMILES string of the molecule is COc1ccccc1OCCN(C)C(=O)C1CCCN(C(=O)C(C)(C)C)C1. The molecule has 6 heteroatoms. The molecule has 6 nitrogen and oxygen atoms in total. The monoisotopic (exact) mass is 376 g/mol. The number of ether oxygens (including phenoxy) is 2. The number of likely N-dealkylation sites (tertiary alicyclic amines) is 1. The van der Waals surface area contributed by atoms with Gasteiger partial charge in [0.15, 0.2) is 11.5 Å². The number of amides is 2. The zero-order valence-electron chi connectivity index (χ0n) is 17.2. The van der Waals surface area contributed by atoms with Crippen LogP contribution in [0.3, 0.4) is 0 Å². The van der Waals surface area contributed by atoms with Crippen molar-refractivity contribution in [3.63, 3.8) is 0 Å². The third kappa shape index (κ3) is 5.62. The highest BCUT2D eigenvalue weighted by Crippen LogP contribution is 2.26. The van der Waals surface area contributed by atoms with Crippen molar-refractivity contribution in [2.75, 3.05) is 40.4 Å². The summed E-state index contributed by atoms with van der Waals surface area (Å²) in [4.78, 5) is 28.8. The minimum atomic E-state index is -0.417. The maximum atomic E-state index is 12.8. The predicted octanol–water partition coefficient (Wildman–Crippen LogP) is 2.82. The number of methoxy groups -OCH3 is 1. The smallest absolute Gasteiger partial charge is 0.227 e. The highest BCUT2D eigenvalue weighted by molar-refractivity contribution is 5.83. The number of piperidine rings is 1. The van der Waals surface area contributed by atoms with Gasteiger partial charge in [0.1, 0.15) is 6.61 Å². The van der Waals surface area contributed by atoms with Gasteiger partial charge < -0.3 is 19.3 Å². The zero-order chi connectivity index (χ0) is 20.0. The van der Waals surface area contributed by atoms with Gasteiger partial charge in [-0.05, 0) is 25.0 Å². The Morgan fingerprint density at radius 3 is 2.52 bits per heavy atom. The lowest BCUT2D eigenvalue weighted by Gasteiger charge is -2.37. The van der Waals surface area contributed by atoms with Gasteiger partial charge in [-0.15, -0.1) is 0 Å². The van der Waals surface area contributed by atoms with Crippen molar-refractivity contribution >= 4 is 11.8 Å². The molecule has 0 radical (unpaired) electrons. The summed E-state index contributed by atoms with van der Waals surface area (Å²) in [5, 5.41) is 0. The molecular weight excluding hydrogens is 344 g/mol. The first-order chi connectivity index (χ1) is 12.7. The summed E-state index contributed by atoms with van der Waals surface area (Å²) in [5.74, 6) is 1.39. The van der Waals surface area contributed by atoms with Crippen LogP contribution in [0.15, 0.2) is 24.3 Å². The molecule has 0 aliphatic carbocycles. The van der Waals surface area contributed by atoms with Crippen LogP contribution < -0.4 is 9.47 Å². The van der Waals surface area contributed by atoms with E-state index in [4.69, 9.17) is 9.47 Å². The summed E-state index contributed by atoms with van der Waals surface area (Å²) >= 11 is 0. The van der Waals surface area contributed by atoms with E-state index in [1.807, 2.05) is 49.9 Å². The van der Waals surface area contributed by atoms with Gasteiger partial charge >= 0.3 is 0 Å². The highest BCUT2D eigenvalue weighted by Gasteiger charge is 2.34.